The summed E-state index contributed by atoms with van der Waals surface area (Å²) in [7, 11) is 0. The van der Waals surface area contributed by atoms with Crippen molar-refractivity contribution in [2.24, 2.45) is 5.92 Å². The van der Waals surface area contributed by atoms with E-state index in [0.29, 0.717) is 21.2 Å². The lowest BCUT2D eigenvalue weighted by molar-refractivity contribution is 0.647. The highest BCUT2D eigenvalue weighted by Crippen LogP contribution is 2.23. The predicted molar refractivity (Wildman–Crippen MR) is 115 cm³/mol. The first-order valence-electron chi connectivity index (χ1n) is 9.56. The second-order valence-electron chi connectivity index (χ2n) is 7.55. The van der Waals surface area contributed by atoms with Crippen molar-refractivity contribution in [2.45, 2.75) is 33.1 Å². The molecule has 5 heteroatoms. The number of rotatable bonds is 5. The van der Waals surface area contributed by atoms with Crippen LogP contribution in [0.4, 0.5) is 0 Å². The Bertz CT molecular complexity index is 1190. The van der Waals surface area contributed by atoms with Gasteiger partial charge in [0.2, 0.25) is 4.96 Å². The zero-order valence-corrected chi connectivity index (χ0v) is 17.1. The molecule has 0 N–H and O–H groups in total. The Kier molecular flexibility index (Phi) is 5.09. The molecule has 0 aliphatic heterocycles. The van der Waals surface area contributed by atoms with Crippen LogP contribution in [0.3, 0.4) is 0 Å². The number of nitrogens with zero attached hydrogens (tertiary/aromatic N) is 3. The van der Waals surface area contributed by atoms with Crippen LogP contribution in [-0.4, -0.2) is 14.6 Å². The van der Waals surface area contributed by atoms with E-state index >= 15 is 0 Å². The number of hydrogen-bond acceptors (Lipinski definition) is 4. The zero-order chi connectivity index (χ0) is 19.7. The summed E-state index contributed by atoms with van der Waals surface area (Å²) in [4.78, 5) is 18.0. The Balaban J connectivity index is 1.63. The van der Waals surface area contributed by atoms with E-state index in [-0.39, 0.29) is 11.5 Å². The summed E-state index contributed by atoms with van der Waals surface area (Å²) in [5.41, 5.74) is 3.39. The van der Waals surface area contributed by atoms with Gasteiger partial charge in [0, 0.05) is 5.92 Å². The normalized spacial score (nSPS) is 13.5. The Morgan fingerprint density at radius 1 is 1.04 bits per heavy atom. The quantitative estimate of drug-likeness (QED) is 0.517. The summed E-state index contributed by atoms with van der Waals surface area (Å²) in [5.74, 6) is 1.37. The van der Waals surface area contributed by atoms with E-state index in [0.717, 1.165) is 17.5 Å². The molecule has 1 unspecified atom stereocenters. The highest BCUT2D eigenvalue weighted by molar-refractivity contribution is 7.15. The van der Waals surface area contributed by atoms with Gasteiger partial charge in [-0.1, -0.05) is 86.7 Å². The van der Waals surface area contributed by atoms with Gasteiger partial charge in [-0.3, -0.25) is 4.79 Å². The monoisotopic (exact) mass is 389 g/mol. The van der Waals surface area contributed by atoms with Crippen molar-refractivity contribution in [2.75, 3.05) is 0 Å². The van der Waals surface area contributed by atoms with Gasteiger partial charge >= 0.3 is 0 Å². The topological polar surface area (TPSA) is 47.3 Å². The lowest BCUT2D eigenvalue weighted by atomic mass is 9.96. The van der Waals surface area contributed by atoms with Crippen LogP contribution in [0.2, 0.25) is 0 Å². The zero-order valence-electron chi connectivity index (χ0n) is 16.3. The van der Waals surface area contributed by atoms with Crippen molar-refractivity contribution in [3.8, 4) is 0 Å². The average Bonchev–Trinajstić information content (AvgIpc) is 3.22. The Labute approximate surface area is 168 Å². The first kappa shape index (κ1) is 18.6. The maximum atomic E-state index is 12.7. The second-order valence-corrected chi connectivity index (χ2v) is 8.56. The highest BCUT2D eigenvalue weighted by Gasteiger charge is 2.17. The smallest absolute Gasteiger partial charge is 0.266 e. The summed E-state index contributed by atoms with van der Waals surface area (Å²) < 4.78 is 2.08. The van der Waals surface area contributed by atoms with Crippen LogP contribution in [0.5, 0.6) is 0 Å². The van der Waals surface area contributed by atoms with Gasteiger partial charge in [-0.15, -0.1) is 5.10 Å². The minimum absolute atomic E-state index is 0.0427. The standard InChI is InChI=1S/C23H23N3OS/c1-15(2)13-18-9-11-19(12-10-18)16(3)21-24-23-26(25-21)22(27)20(28-23)14-17-7-5-4-6-8-17/h4-12,14-16H,13H2,1-3H3/b20-14-. The molecular weight excluding hydrogens is 366 g/mol. The molecule has 2 aromatic heterocycles. The van der Waals surface area contributed by atoms with Gasteiger partial charge in [-0.25, -0.2) is 4.98 Å². The summed E-state index contributed by atoms with van der Waals surface area (Å²) >= 11 is 1.38. The number of aromatic nitrogens is 3. The summed E-state index contributed by atoms with van der Waals surface area (Å²) in [6, 6.07) is 18.5. The van der Waals surface area contributed by atoms with Crippen molar-refractivity contribution in [1.29, 1.82) is 0 Å². The van der Waals surface area contributed by atoms with Crippen molar-refractivity contribution >= 4 is 22.4 Å². The summed E-state index contributed by atoms with van der Waals surface area (Å²) in [6.07, 6.45) is 2.97. The third kappa shape index (κ3) is 3.76. The molecule has 0 amide bonds. The van der Waals surface area contributed by atoms with Crippen LogP contribution in [0.1, 0.15) is 49.2 Å². The molecule has 0 bridgehead atoms. The van der Waals surface area contributed by atoms with Crippen LogP contribution in [-0.2, 0) is 6.42 Å². The molecule has 0 radical (unpaired) electrons. The lowest BCUT2D eigenvalue weighted by Crippen LogP contribution is -2.24. The van der Waals surface area contributed by atoms with Gasteiger partial charge in [0.15, 0.2) is 5.82 Å². The van der Waals surface area contributed by atoms with Gasteiger partial charge < -0.3 is 0 Å². The van der Waals surface area contributed by atoms with Crippen LogP contribution in [0.15, 0.2) is 59.4 Å². The predicted octanol–water partition coefficient (Wildman–Crippen LogP) is 4.05. The maximum Gasteiger partial charge on any atom is 0.291 e. The molecule has 0 spiro atoms. The molecule has 0 aliphatic carbocycles. The van der Waals surface area contributed by atoms with E-state index in [9.17, 15) is 4.79 Å². The SMILES string of the molecule is CC(C)Cc1ccc(C(C)c2nc3s/c(=C\c4ccccc4)c(=O)n3n2)cc1. The minimum atomic E-state index is -0.109. The van der Waals surface area contributed by atoms with Crippen molar-refractivity contribution in [1.82, 2.24) is 14.6 Å². The van der Waals surface area contributed by atoms with Gasteiger partial charge in [-0.2, -0.15) is 4.52 Å². The number of thiazole rings is 1. The van der Waals surface area contributed by atoms with Crippen molar-refractivity contribution in [3.05, 3.63) is 92.0 Å². The molecule has 0 saturated heterocycles. The van der Waals surface area contributed by atoms with Crippen molar-refractivity contribution < 1.29 is 0 Å². The maximum absolute atomic E-state index is 12.7. The van der Waals surface area contributed by atoms with Gasteiger partial charge in [0.25, 0.3) is 5.56 Å². The third-order valence-electron chi connectivity index (χ3n) is 4.81. The molecule has 0 fully saturated rings. The first-order valence-corrected chi connectivity index (χ1v) is 10.4. The molecule has 2 heterocycles. The molecule has 28 heavy (non-hydrogen) atoms. The summed E-state index contributed by atoms with van der Waals surface area (Å²) in [5, 5.41) is 4.51. The van der Waals surface area contributed by atoms with E-state index in [2.05, 4.69) is 55.1 Å². The minimum Gasteiger partial charge on any atom is -0.266 e. The van der Waals surface area contributed by atoms with Gasteiger partial charge in [0.1, 0.15) is 0 Å². The first-order chi connectivity index (χ1) is 13.5. The molecule has 4 rings (SSSR count). The summed E-state index contributed by atoms with van der Waals surface area (Å²) in [6.45, 7) is 6.53. The highest BCUT2D eigenvalue weighted by atomic mass is 32.1. The molecule has 4 nitrogen and oxygen atoms in total. The molecule has 4 aromatic rings. The second kappa shape index (κ2) is 7.68. The molecule has 0 saturated carbocycles. The molecule has 0 aliphatic rings. The molecule has 142 valence electrons. The molecular formula is C23H23N3OS. The Morgan fingerprint density at radius 3 is 2.39 bits per heavy atom. The van der Waals surface area contributed by atoms with Crippen LogP contribution < -0.4 is 10.1 Å². The fourth-order valence-corrected chi connectivity index (χ4v) is 4.21. The van der Waals surface area contributed by atoms with E-state index in [4.69, 9.17) is 0 Å². The Hall–Kier alpha value is -2.79. The van der Waals surface area contributed by atoms with E-state index in [1.54, 1.807) is 0 Å². The van der Waals surface area contributed by atoms with Crippen LogP contribution in [0, 0.1) is 5.92 Å². The van der Waals surface area contributed by atoms with E-state index in [1.165, 1.54) is 21.4 Å². The lowest BCUT2D eigenvalue weighted by Gasteiger charge is -2.10. The van der Waals surface area contributed by atoms with Crippen molar-refractivity contribution in [3.63, 3.8) is 0 Å². The molecule has 1 atom stereocenters. The number of benzene rings is 2. The fraction of sp³-hybridized carbons (Fsp3) is 0.261. The number of hydrogen-bond donors (Lipinski definition) is 0. The van der Waals surface area contributed by atoms with Gasteiger partial charge in [-0.05, 0) is 35.1 Å². The van der Waals surface area contributed by atoms with E-state index < -0.39 is 0 Å². The van der Waals surface area contributed by atoms with E-state index in [1.807, 2.05) is 36.4 Å². The molecule has 2 aromatic carbocycles. The largest absolute Gasteiger partial charge is 0.291 e. The van der Waals surface area contributed by atoms with Gasteiger partial charge in [0.05, 0.1) is 4.53 Å². The third-order valence-corrected chi connectivity index (χ3v) is 5.77. The average molecular weight is 390 g/mol. The van der Waals surface area contributed by atoms with Crippen LogP contribution >= 0.6 is 11.3 Å². The number of fused-ring (bicyclic) bond motifs is 1. The van der Waals surface area contributed by atoms with Crippen LogP contribution in [0.25, 0.3) is 11.0 Å². The Morgan fingerprint density at radius 2 is 1.75 bits per heavy atom. The fourth-order valence-electron chi connectivity index (χ4n) is 3.30.